The van der Waals surface area contributed by atoms with Gasteiger partial charge in [0.05, 0.1) is 27.0 Å². The SMILES string of the molecule is Cc1noc(C)c1CSc1nc2ccc(NC(=O)c3coc4c3C(=O)CCC4)cc2s1. The summed E-state index contributed by atoms with van der Waals surface area (Å²) in [5.74, 6) is 1.81. The Kier molecular flexibility index (Phi) is 5.15. The Hall–Kier alpha value is -2.91. The summed E-state index contributed by atoms with van der Waals surface area (Å²) in [6.45, 7) is 3.85. The predicted octanol–water partition coefficient (Wildman–Crippen LogP) is 5.56. The zero-order valence-electron chi connectivity index (χ0n) is 17.0. The third-order valence-electron chi connectivity index (χ3n) is 5.35. The summed E-state index contributed by atoms with van der Waals surface area (Å²) >= 11 is 3.21. The van der Waals surface area contributed by atoms with E-state index in [4.69, 9.17) is 8.94 Å². The van der Waals surface area contributed by atoms with Crippen LogP contribution in [0.5, 0.6) is 0 Å². The summed E-state index contributed by atoms with van der Waals surface area (Å²) in [5.41, 5.74) is 4.26. The van der Waals surface area contributed by atoms with E-state index in [0.29, 0.717) is 35.4 Å². The third kappa shape index (κ3) is 3.79. The quantitative estimate of drug-likeness (QED) is 0.395. The molecule has 5 rings (SSSR count). The van der Waals surface area contributed by atoms with Crippen LogP contribution in [0.3, 0.4) is 0 Å². The molecule has 1 aliphatic carbocycles. The zero-order valence-corrected chi connectivity index (χ0v) is 18.6. The minimum absolute atomic E-state index is 0.0296. The van der Waals surface area contributed by atoms with Crippen LogP contribution in [0.25, 0.3) is 10.2 Å². The van der Waals surface area contributed by atoms with Crippen molar-refractivity contribution in [3.8, 4) is 0 Å². The average Bonchev–Trinajstić information content (AvgIpc) is 3.44. The zero-order chi connectivity index (χ0) is 21.5. The number of carbonyl (C=O) groups is 2. The number of amides is 1. The second-order valence-electron chi connectivity index (χ2n) is 7.43. The number of hydrogen-bond donors (Lipinski definition) is 1. The number of ketones is 1. The number of aromatic nitrogens is 2. The summed E-state index contributed by atoms with van der Waals surface area (Å²) in [5, 5.41) is 6.88. The number of aryl methyl sites for hydroxylation is 3. The Bertz CT molecular complexity index is 1300. The Morgan fingerprint density at radius 2 is 2.16 bits per heavy atom. The minimum Gasteiger partial charge on any atom is -0.468 e. The molecule has 7 nitrogen and oxygen atoms in total. The summed E-state index contributed by atoms with van der Waals surface area (Å²) in [4.78, 5) is 29.7. The number of furan rings is 1. The second kappa shape index (κ2) is 7.97. The van der Waals surface area contributed by atoms with Crippen molar-refractivity contribution >= 4 is 50.7 Å². The van der Waals surface area contributed by atoms with Crippen molar-refractivity contribution in [1.29, 1.82) is 0 Å². The van der Waals surface area contributed by atoms with Crippen LogP contribution in [0.1, 0.15) is 56.3 Å². The highest BCUT2D eigenvalue weighted by Gasteiger charge is 2.27. The van der Waals surface area contributed by atoms with Gasteiger partial charge in [-0.05, 0) is 38.5 Å². The van der Waals surface area contributed by atoms with Gasteiger partial charge in [-0.1, -0.05) is 16.9 Å². The molecule has 0 spiro atoms. The molecule has 0 unspecified atom stereocenters. The van der Waals surface area contributed by atoms with Gasteiger partial charge in [0.2, 0.25) is 0 Å². The Balaban J connectivity index is 1.33. The van der Waals surface area contributed by atoms with Crippen molar-refractivity contribution in [1.82, 2.24) is 10.1 Å². The molecule has 4 aromatic rings. The van der Waals surface area contributed by atoms with Gasteiger partial charge in [0.1, 0.15) is 17.8 Å². The summed E-state index contributed by atoms with van der Waals surface area (Å²) < 4.78 is 12.6. The number of thioether (sulfide) groups is 1. The van der Waals surface area contributed by atoms with Gasteiger partial charge in [-0.25, -0.2) is 4.98 Å². The topological polar surface area (TPSA) is 98.2 Å². The van der Waals surface area contributed by atoms with Crippen molar-refractivity contribution in [3.63, 3.8) is 0 Å². The first-order valence-electron chi connectivity index (χ1n) is 9.89. The van der Waals surface area contributed by atoms with Crippen LogP contribution in [0, 0.1) is 13.8 Å². The van der Waals surface area contributed by atoms with Crippen LogP contribution in [0.15, 0.2) is 37.7 Å². The number of nitrogens with zero attached hydrogens (tertiary/aromatic N) is 2. The molecule has 0 saturated carbocycles. The van der Waals surface area contributed by atoms with Crippen molar-refractivity contribution in [2.45, 2.75) is 43.2 Å². The standard InChI is InChI=1S/C22H19N3O4S2/c1-11-15(12(2)29-25-11)10-30-22-24-16-7-6-13(8-19(16)31-22)23-21(27)14-9-28-18-5-3-4-17(26)20(14)18/h6-9H,3-5,10H2,1-2H3,(H,23,27). The summed E-state index contributed by atoms with van der Waals surface area (Å²) in [6.07, 6.45) is 3.29. The molecule has 1 N–H and O–H groups in total. The van der Waals surface area contributed by atoms with Gasteiger partial charge in [-0.3, -0.25) is 9.59 Å². The van der Waals surface area contributed by atoms with Gasteiger partial charge < -0.3 is 14.3 Å². The maximum absolute atomic E-state index is 12.8. The second-order valence-corrected chi connectivity index (χ2v) is 9.69. The fraction of sp³-hybridized carbons (Fsp3) is 0.273. The fourth-order valence-corrected chi connectivity index (χ4v) is 5.93. The number of Topliss-reactive ketones (excluding diaryl/α,β-unsaturated/α-hetero) is 1. The fourth-order valence-electron chi connectivity index (χ4n) is 3.67. The molecule has 0 saturated heterocycles. The number of carbonyl (C=O) groups excluding carboxylic acids is 2. The predicted molar refractivity (Wildman–Crippen MR) is 119 cm³/mol. The monoisotopic (exact) mass is 453 g/mol. The Morgan fingerprint density at radius 3 is 2.97 bits per heavy atom. The van der Waals surface area contributed by atoms with Gasteiger partial charge in [-0.2, -0.15) is 0 Å². The number of benzene rings is 1. The van der Waals surface area contributed by atoms with Crippen LogP contribution in [-0.2, 0) is 12.2 Å². The van der Waals surface area contributed by atoms with E-state index in [1.807, 2.05) is 32.0 Å². The maximum atomic E-state index is 12.8. The highest BCUT2D eigenvalue weighted by atomic mass is 32.2. The molecular weight excluding hydrogens is 434 g/mol. The van der Waals surface area contributed by atoms with Gasteiger partial charge in [0.15, 0.2) is 10.1 Å². The molecule has 1 aromatic carbocycles. The van der Waals surface area contributed by atoms with Crippen LogP contribution in [0.2, 0.25) is 0 Å². The van der Waals surface area contributed by atoms with Gasteiger partial charge in [0.25, 0.3) is 5.91 Å². The van der Waals surface area contributed by atoms with Gasteiger partial charge in [-0.15, -0.1) is 11.3 Å². The molecule has 3 heterocycles. The third-order valence-corrected chi connectivity index (χ3v) is 7.53. The van der Waals surface area contributed by atoms with Gasteiger partial charge >= 0.3 is 0 Å². The smallest absolute Gasteiger partial charge is 0.259 e. The number of nitrogens with one attached hydrogen (secondary N) is 1. The molecule has 0 bridgehead atoms. The normalized spacial score (nSPS) is 13.5. The van der Waals surface area contributed by atoms with E-state index in [2.05, 4.69) is 15.5 Å². The van der Waals surface area contributed by atoms with E-state index >= 15 is 0 Å². The molecule has 0 aliphatic heterocycles. The molecule has 1 amide bonds. The van der Waals surface area contributed by atoms with Crippen LogP contribution in [-0.4, -0.2) is 21.8 Å². The van der Waals surface area contributed by atoms with Gasteiger partial charge in [0, 0.05) is 29.8 Å². The van der Waals surface area contributed by atoms with Crippen LogP contribution < -0.4 is 5.32 Å². The minimum atomic E-state index is -0.336. The number of fused-ring (bicyclic) bond motifs is 2. The lowest BCUT2D eigenvalue weighted by Gasteiger charge is -2.10. The molecule has 0 fully saturated rings. The first-order chi connectivity index (χ1) is 15.0. The van der Waals surface area contributed by atoms with Crippen molar-refractivity contribution in [2.75, 3.05) is 5.32 Å². The summed E-state index contributed by atoms with van der Waals surface area (Å²) in [7, 11) is 0. The maximum Gasteiger partial charge on any atom is 0.259 e. The molecule has 158 valence electrons. The lowest BCUT2D eigenvalue weighted by atomic mass is 9.94. The van der Waals surface area contributed by atoms with E-state index in [1.165, 1.54) is 6.26 Å². The van der Waals surface area contributed by atoms with E-state index < -0.39 is 0 Å². The molecule has 3 aromatic heterocycles. The lowest BCUT2D eigenvalue weighted by Crippen LogP contribution is -2.17. The molecule has 0 atom stereocenters. The molecule has 0 radical (unpaired) electrons. The lowest BCUT2D eigenvalue weighted by molar-refractivity contribution is 0.0955. The van der Waals surface area contributed by atoms with Crippen LogP contribution in [0.4, 0.5) is 5.69 Å². The van der Waals surface area contributed by atoms with Crippen molar-refractivity contribution in [3.05, 3.63) is 58.4 Å². The number of thiazole rings is 1. The Labute approximate surface area is 186 Å². The Morgan fingerprint density at radius 1 is 1.29 bits per heavy atom. The van der Waals surface area contributed by atoms with E-state index in [1.54, 1.807) is 23.1 Å². The largest absolute Gasteiger partial charge is 0.468 e. The van der Waals surface area contributed by atoms with Crippen LogP contribution >= 0.6 is 23.1 Å². The van der Waals surface area contributed by atoms with Crippen molar-refractivity contribution < 1.29 is 18.5 Å². The van der Waals surface area contributed by atoms with E-state index in [9.17, 15) is 9.59 Å². The van der Waals surface area contributed by atoms with E-state index in [-0.39, 0.29) is 11.7 Å². The first kappa shape index (κ1) is 20.0. The number of hydrogen-bond acceptors (Lipinski definition) is 8. The molecule has 1 aliphatic rings. The molecular formula is C22H19N3O4S2. The first-order valence-corrected chi connectivity index (χ1v) is 11.7. The number of rotatable bonds is 5. The molecule has 9 heteroatoms. The number of anilines is 1. The highest BCUT2D eigenvalue weighted by Crippen LogP contribution is 2.34. The molecule has 31 heavy (non-hydrogen) atoms. The van der Waals surface area contributed by atoms with E-state index in [0.717, 1.165) is 43.7 Å². The highest BCUT2D eigenvalue weighted by molar-refractivity contribution is 8.00. The average molecular weight is 454 g/mol. The summed E-state index contributed by atoms with van der Waals surface area (Å²) in [6, 6.07) is 5.60. The van der Waals surface area contributed by atoms with Crippen molar-refractivity contribution in [2.24, 2.45) is 0 Å².